The van der Waals surface area contributed by atoms with Crippen molar-refractivity contribution in [3.8, 4) is 11.1 Å². The Morgan fingerprint density at radius 1 is 0.808 bits per heavy atom. The molecule has 126 valence electrons. The van der Waals surface area contributed by atoms with Crippen LogP contribution in [0.2, 0.25) is 0 Å². The van der Waals surface area contributed by atoms with Gasteiger partial charge in [-0.1, -0.05) is 66.7 Å². The molecule has 0 fully saturated rings. The van der Waals surface area contributed by atoms with Crippen LogP contribution in [0.3, 0.4) is 0 Å². The predicted octanol–water partition coefficient (Wildman–Crippen LogP) is 4.13. The fourth-order valence-corrected chi connectivity index (χ4v) is 2.91. The minimum Gasteiger partial charge on any atom is -0.368 e. The Morgan fingerprint density at radius 2 is 1.50 bits per heavy atom. The summed E-state index contributed by atoms with van der Waals surface area (Å²) < 4.78 is 0. The number of benzene rings is 3. The highest BCUT2D eigenvalue weighted by Crippen LogP contribution is 2.28. The summed E-state index contributed by atoms with van der Waals surface area (Å²) >= 11 is 0. The monoisotopic (exact) mass is 340 g/mol. The minimum absolute atomic E-state index is 0.0743. The van der Waals surface area contributed by atoms with E-state index in [1.165, 1.54) is 0 Å². The van der Waals surface area contributed by atoms with E-state index in [1.54, 1.807) is 0 Å². The molecule has 26 heavy (non-hydrogen) atoms. The smallest absolute Gasteiger partial charge is 0.275 e. The Balaban J connectivity index is 1.75. The number of nitrogens with two attached hydrogens (primary N) is 1. The number of hydrogen-bond acceptors (Lipinski definition) is 4. The summed E-state index contributed by atoms with van der Waals surface area (Å²) in [6.07, 6.45) is 0. The number of hydrogen-bond donors (Lipinski definition) is 2. The molecule has 1 amide bonds. The van der Waals surface area contributed by atoms with Gasteiger partial charge >= 0.3 is 0 Å². The van der Waals surface area contributed by atoms with E-state index in [0.717, 1.165) is 11.1 Å². The van der Waals surface area contributed by atoms with Crippen molar-refractivity contribution in [1.29, 1.82) is 0 Å². The first-order valence-corrected chi connectivity index (χ1v) is 8.20. The summed E-state index contributed by atoms with van der Waals surface area (Å²) in [5.74, 6) is -0.246. The molecule has 0 aliphatic heterocycles. The number of nitrogens with zero attached hydrogens (tertiary/aromatic N) is 2. The van der Waals surface area contributed by atoms with E-state index in [4.69, 9.17) is 5.73 Å². The molecule has 4 aromatic rings. The maximum absolute atomic E-state index is 12.9. The molecule has 0 spiro atoms. The van der Waals surface area contributed by atoms with E-state index in [-0.39, 0.29) is 17.5 Å². The molecular weight excluding hydrogens is 324 g/mol. The molecule has 4 rings (SSSR count). The van der Waals surface area contributed by atoms with Gasteiger partial charge in [-0.15, -0.1) is 0 Å². The van der Waals surface area contributed by atoms with Crippen molar-refractivity contribution in [3.63, 3.8) is 0 Å². The van der Waals surface area contributed by atoms with Crippen LogP contribution in [0, 0.1) is 0 Å². The molecule has 0 radical (unpaired) electrons. The molecular formula is C21H16N4O. The highest BCUT2D eigenvalue weighted by Gasteiger charge is 2.16. The Morgan fingerprint density at radius 3 is 2.35 bits per heavy atom. The molecule has 5 heteroatoms. The van der Waals surface area contributed by atoms with Gasteiger partial charge in [0.2, 0.25) is 5.95 Å². The SMILES string of the molecule is Nc1nc(C(=O)Nc2ccccc2-c2ccccc2)c2ccccc2n1. The molecule has 0 bridgehead atoms. The predicted molar refractivity (Wildman–Crippen MR) is 104 cm³/mol. The normalized spacial score (nSPS) is 10.6. The average molecular weight is 340 g/mol. The zero-order valence-electron chi connectivity index (χ0n) is 13.9. The fraction of sp³-hybridized carbons (Fsp3) is 0. The zero-order valence-corrected chi connectivity index (χ0v) is 13.9. The molecule has 0 saturated heterocycles. The topological polar surface area (TPSA) is 80.9 Å². The lowest BCUT2D eigenvalue weighted by Gasteiger charge is -2.12. The highest BCUT2D eigenvalue weighted by molar-refractivity contribution is 6.12. The molecule has 1 aromatic heterocycles. The molecule has 5 nitrogen and oxygen atoms in total. The third-order valence-electron chi connectivity index (χ3n) is 4.10. The van der Waals surface area contributed by atoms with E-state index in [1.807, 2.05) is 78.9 Å². The molecule has 0 atom stereocenters. The van der Waals surface area contributed by atoms with Gasteiger partial charge in [-0.2, -0.15) is 0 Å². The van der Waals surface area contributed by atoms with Gasteiger partial charge in [-0.25, -0.2) is 9.97 Å². The quantitative estimate of drug-likeness (QED) is 0.587. The Bertz CT molecular complexity index is 1090. The number of anilines is 2. The van der Waals surface area contributed by atoms with Gasteiger partial charge in [0.15, 0.2) is 0 Å². The van der Waals surface area contributed by atoms with Gasteiger partial charge in [-0.3, -0.25) is 4.79 Å². The van der Waals surface area contributed by atoms with Crippen LogP contribution in [0.5, 0.6) is 0 Å². The van der Waals surface area contributed by atoms with E-state index in [2.05, 4.69) is 15.3 Å². The number of carbonyl (C=O) groups excluding carboxylic acids is 1. The van der Waals surface area contributed by atoms with Gasteiger partial charge in [0.25, 0.3) is 5.91 Å². The maximum atomic E-state index is 12.9. The molecule has 0 saturated carbocycles. The van der Waals surface area contributed by atoms with Crippen molar-refractivity contribution in [2.24, 2.45) is 0 Å². The number of aromatic nitrogens is 2. The first-order chi connectivity index (χ1) is 12.7. The van der Waals surface area contributed by atoms with Gasteiger partial charge < -0.3 is 11.1 Å². The molecule has 3 aromatic carbocycles. The molecule has 0 aliphatic carbocycles. The maximum Gasteiger partial charge on any atom is 0.275 e. The number of para-hydroxylation sites is 2. The Labute approximate surface area is 150 Å². The third-order valence-corrected chi connectivity index (χ3v) is 4.10. The van der Waals surface area contributed by atoms with Gasteiger partial charge in [0.05, 0.1) is 5.52 Å². The summed E-state index contributed by atoms with van der Waals surface area (Å²) in [6, 6.07) is 24.9. The fourth-order valence-electron chi connectivity index (χ4n) is 2.91. The molecule has 3 N–H and O–H groups in total. The molecule has 0 unspecified atom stereocenters. The lowest BCUT2D eigenvalue weighted by Crippen LogP contribution is -2.16. The van der Waals surface area contributed by atoms with E-state index >= 15 is 0 Å². The first-order valence-electron chi connectivity index (χ1n) is 8.20. The highest BCUT2D eigenvalue weighted by atomic mass is 16.1. The summed E-state index contributed by atoms with van der Waals surface area (Å²) in [7, 11) is 0. The van der Waals surface area contributed by atoms with Crippen LogP contribution in [0.25, 0.3) is 22.0 Å². The first kappa shape index (κ1) is 15.8. The second kappa shape index (κ2) is 6.64. The largest absolute Gasteiger partial charge is 0.368 e. The summed E-state index contributed by atoms with van der Waals surface area (Å²) in [4.78, 5) is 21.2. The lowest BCUT2D eigenvalue weighted by atomic mass is 10.0. The summed E-state index contributed by atoms with van der Waals surface area (Å²) in [6.45, 7) is 0. The molecule has 0 aliphatic rings. The van der Waals surface area contributed by atoms with Crippen molar-refractivity contribution in [1.82, 2.24) is 9.97 Å². The van der Waals surface area contributed by atoms with Crippen LogP contribution < -0.4 is 11.1 Å². The van der Waals surface area contributed by atoms with Crippen LogP contribution in [0.15, 0.2) is 78.9 Å². The van der Waals surface area contributed by atoms with Crippen molar-refractivity contribution < 1.29 is 4.79 Å². The Kier molecular flexibility index (Phi) is 4.03. The Hall–Kier alpha value is -3.73. The number of carbonyl (C=O) groups is 1. The summed E-state index contributed by atoms with van der Waals surface area (Å²) in [5.41, 5.74) is 9.35. The number of amides is 1. The number of rotatable bonds is 3. The lowest BCUT2D eigenvalue weighted by molar-refractivity contribution is 0.102. The number of nitrogen functional groups attached to an aromatic ring is 1. The van der Waals surface area contributed by atoms with Crippen molar-refractivity contribution >= 4 is 28.4 Å². The van der Waals surface area contributed by atoms with Gasteiger partial charge in [0.1, 0.15) is 5.69 Å². The van der Waals surface area contributed by atoms with Crippen LogP contribution in [-0.2, 0) is 0 Å². The average Bonchev–Trinajstić information content (AvgIpc) is 2.68. The van der Waals surface area contributed by atoms with Crippen molar-refractivity contribution in [3.05, 3.63) is 84.6 Å². The molecule has 1 heterocycles. The van der Waals surface area contributed by atoms with Crippen LogP contribution in [-0.4, -0.2) is 15.9 Å². The van der Waals surface area contributed by atoms with E-state index < -0.39 is 0 Å². The van der Waals surface area contributed by atoms with Gasteiger partial charge in [0, 0.05) is 16.6 Å². The number of fused-ring (bicyclic) bond motifs is 1. The van der Waals surface area contributed by atoms with Crippen LogP contribution >= 0.6 is 0 Å². The second-order valence-corrected chi connectivity index (χ2v) is 5.81. The van der Waals surface area contributed by atoms with Gasteiger partial charge in [-0.05, 0) is 17.7 Å². The van der Waals surface area contributed by atoms with E-state index in [9.17, 15) is 4.79 Å². The van der Waals surface area contributed by atoms with Crippen molar-refractivity contribution in [2.75, 3.05) is 11.1 Å². The minimum atomic E-state index is -0.321. The van der Waals surface area contributed by atoms with E-state index in [0.29, 0.717) is 16.6 Å². The van der Waals surface area contributed by atoms with Crippen molar-refractivity contribution in [2.45, 2.75) is 0 Å². The standard InChI is InChI=1S/C21H16N4O/c22-21-24-18-13-7-5-11-16(18)19(25-21)20(26)23-17-12-6-4-10-15(17)14-8-2-1-3-9-14/h1-13H,(H,23,26)(H2,22,24,25). The second-order valence-electron chi connectivity index (χ2n) is 5.81. The zero-order chi connectivity index (χ0) is 17.9. The summed E-state index contributed by atoms with van der Waals surface area (Å²) in [5, 5.41) is 3.62. The van der Waals surface area contributed by atoms with Crippen LogP contribution in [0.1, 0.15) is 10.5 Å². The third kappa shape index (κ3) is 2.98. The van der Waals surface area contributed by atoms with Crippen LogP contribution in [0.4, 0.5) is 11.6 Å². The number of nitrogens with one attached hydrogen (secondary N) is 1.